The normalized spacial score (nSPS) is 13.0. The van der Waals surface area contributed by atoms with Gasteiger partial charge < -0.3 is 4.55 Å². The smallest absolute Gasteiger partial charge is 0.0945 e. The van der Waals surface area contributed by atoms with E-state index in [4.69, 9.17) is 9.98 Å². The van der Waals surface area contributed by atoms with Crippen LogP contribution < -0.4 is 0 Å². The van der Waals surface area contributed by atoms with Gasteiger partial charge in [-0.05, 0) is 76.1 Å². The predicted molar refractivity (Wildman–Crippen MR) is 120 cm³/mol. The van der Waals surface area contributed by atoms with E-state index in [1.165, 1.54) is 0 Å². The highest BCUT2D eigenvalue weighted by atomic mass is 32.2. The van der Waals surface area contributed by atoms with Crippen molar-refractivity contribution < 1.29 is 13.0 Å². The molecule has 0 aliphatic carbocycles. The maximum Gasteiger partial charge on any atom is 0.0945 e. The Morgan fingerprint density at radius 1 is 0.828 bits per heavy atom. The minimum atomic E-state index is -4.19. The summed E-state index contributed by atoms with van der Waals surface area (Å²) in [5.41, 5.74) is 7.79. The summed E-state index contributed by atoms with van der Waals surface area (Å²) in [6.45, 7) is 10.0. The Bertz CT molecular complexity index is 998. The average molecular weight is 414 g/mol. The van der Waals surface area contributed by atoms with Crippen LogP contribution in [-0.4, -0.2) is 30.1 Å². The third-order valence-electron chi connectivity index (χ3n) is 4.88. The highest BCUT2D eigenvalue weighted by Crippen LogP contribution is 2.26. The van der Waals surface area contributed by atoms with Crippen LogP contribution in [0.4, 0.5) is 11.4 Å². The van der Waals surface area contributed by atoms with Crippen molar-refractivity contribution in [3.8, 4) is 0 Å². The summed E-state index contributed by atoms with van der Waals surface area (Å²) < 4.78 is 32.7. The fraction of sp³-hybridized carbons (Fsp3) is 0.391. The molecule has 2 aromatic carbocycles. The number of unbranched alkanes of at least 4 members (excludes halogenated alkanes) is 1. The Kier molecular flexibility index (Phi) is 7.88. The van der Waals surface area contributed by atoms with Crippen molar-refractivity contribution in [1.82, 2.24) is 0 Å². The number of aliphatic imine (C=N–C) groups is 2. The maximum atomic E-state index is 10.9. The number of hydrogen-bond acceptors (Lipinski definition) is 5. The first-order chi connectivity index (χ1) is 13.6. The molecule has 0 atom stereocenters. The molecule has 0 spiro atoms. The fourth-order valence-electron chi connectivity index (χ4n) is 3.22. The molecule has 0 N–H and O–H groups in total. The molecule has 0 amide bonds. The Balaban J connectivity index is 2.41. The second-order valence-corrected chi connectivity index (χ2v) is 8.98. The molecule has 29 heavy (non-hydrogen) atoms. The van der Waals surface area contributed by atoms with Crippen LogP contribution in [0, 0.1) is 27.7 Å². The molecule has 0 radical (unpaired) electrons. The van der Waals surface area contributed by atoms with Crippen LogP contribution in [0.3, 0.4) is 0 Å². The summed E-state index contributed by atoms with van der Waals surface area (Å²) in [7, 11) is -4.19. The lowest BCUT2D eigenvalue weighted by atomic mass is 10.1. The number of nitrogens with zero attached hydrogens (tertiary/aromatic N) is 2. The lowest BCUT2D eigenvalue weighted by molar-refractivity contribution is 0.460. The van der Waals surface area contributed by atoms with Gasteiger partial charge in [-0.15, -0.1) is 0 Å². The van der Waals surface area contributed by atoms with Gasteiger partial charge in [-0.2, -0.15) is 0 Å². The van der Waals surface area contributed by atoms with Crippen molar-refractivity contribution in [1.29, 1.82) is 0 Å². The Morgan fingerprint density at radius 3 is 1.72 bits per heavy atom. The van der Waals surface area contributed by atoms with Crippen LogP contribution in [0.25, 0.3) is 0 Å². The first-order valence-electron chi connectivity index (χ1n) is 9.77. The second kappa shape index (κ2) is 9.94. The molecule has 2 rings (SSSR count). The van der Waals surface area contributed by atoms with E-state index in [9.17, 15) is 13.0 Å². The molecule has 0 aliphatic rings. The van der Waals surface area contributed by atoms with E-state index in [0.29, 0.717) is 19.3 Å². The van der Waals surface area contributed by atoms with Gasteiger partial charge in [0.2, 0.25) is 0 Å². The number of benzene rings is 2. The Morgan fingerprint density at radius 2 is 1.28 bits per heavy atom. The summed E-state index contributed by atoms with van der Waals surface area (Å²) in [5, 5.41) is 0. The van der Waals surface area contributed by atoms with Gasteiger partial charge in [0.15, 0.2) is 0 Å². The first-order valence-corrected chi connectivity index (χ1v) is 11.4. The van der Waals surface area contributed by atoms with Crippen molar-refractivity contribution in [2.24, 2.45) is 9.98 Å². The monoisotopic (exact) mass is 413 g/mol. The molecule has 0 bridgehead atoms. The lowest BCUT2D eigenvalue weighted by Crippen LogP contribution is -2.12. The van der Waals surface area contributed by atoms with E-state index in [1.807, 2.05) is 71.0 Å². The van der Waals surface area contributed by atoms with Gasteiger partial charge in [-0.1, -0.05) is 36.4 Å². The van der Waals surface area contributed by atoms with E-state index in [0.717, 1.165) is 45.1 Å². The molecule has 0 saturated heterocycles. The molecule has 2 aromatic rings. The highest BCUT2D eigenvalue weighted by Gasteiger charge is 2.10. The molecule has 0 fully saturated rings. The van der Waals surface area contributed by atoms with Gasteiger partial charge in [0, 0.05) is 5.75 Å². The van der Waals surface area contributed by atoms with Crippen molar-refractivity contribution in [2.75, 3.05) is 5.75 Å². The first kappa shape index (κ1) is 23.0. The number of para-hydroxylation sites is 2. The summed E-state index contributed by atoms with van der Waals surface area (Å²) in [4.78, 5) is 9.75. The van der Waals surface area contributed by atoms with E-state index < -0.39 is 10.1 Å². The molecular formula is C23H29N2O3S-. The van der Waals surface area contributed by atoms with Gasteiger partial charge in [-0.3, -0.25) is 9.98 Å². The zero-order valence-electron chi connectivity index (χ0n) is 17.8. The molecule has 156 valence electrons. The molecule has 0 heterocycles. The Hall–Kier alpha value is -2.31. The number of aryl methyl sites for hydroxylation is 4. The summed E-state index contributed by atoms with van der Waals surface area (Å²) in [5.74, 6) is -0.350. The van der Waals surface area contributed by atoms with Crippen LogP contribution in [0.5, 0.6) is 0 Å². The summed E-state index contributed by atoms with van der Waals surface area (Å²) in [6.07, 6.45) is 1.43. The lowest BCUT2D eigenvalue weighted by Gasteiger charge is -2.12. The average Bonchev–Trinajstić information content (AvgIpc) is 2.62. The maximum absolute atomic E-state index is 10.9. The third kappa shape index (κ3) is 6.91. The summed E-state index contributed by atoms with van der Waals surface area (Å²) in [6, 6.07) is 12.1. The quantitative estimate of drug-likeness (QED) is 0.325. The van der Waals surface area contributed by atoms with Gasteiger partial charge in [-0.25, -0.2) is 8.42 Å². The third-order valence-corrected chi connectivity index (χ3v) is 5.67. The number of rotatable bonds is 8. The van der Waals surface area contributed by atoms with Gasteiger partial charge in [0.1, 0.15) is 0 Å². The van der Waals surface area contributed by atoms with Gasteiger partial charge >= 0.3 is 0 Å². The zero-order valence-corrected chi connectivity index (χ0v) is 18.6. The number of hydrogen-bond donors (Lipinski definition) is 0. The van der Waals surface area contributed by atoms with Crippen molar-refractivity contribution in [2.45, 2.75) is 53.9 Å². The highest BCUT2D eigenvalue weighted by molar-refractivity contribution is 7.85. The van der Waals surface area contributed by atoms with E-state index >= 15 is 0 Å². The van der Waals surface area contributed by atoms with Gasteiger partial charge in [0.25, 0.3) is 0 Å². The van der Waals surface area contributed by atoms with Gasteiger partial charge in [0.05, 0.1) is 32.9 Å². The van der Waals surface area contributed by atoms with Crippen LogP contribution in [0.1, 0.15) is 48.4 Å². The van der Waals surface area contributed by atoms with E-state index in [1.54, 1.807) is 0 Å². The van der Waals surface area contributed by atoms with Crippen LogP contribution in [0.2, 0.25) is 0 Å². The molecule has 5 nitrogen and oxygen atoms in total. The molecule has 6 heteroatoms. The van der Waals surface area contributed by atoms with Crippen molar-refractivity contribution in [3.63, 3.8) is 0 Å². The molecule has 0 unspecified atom stereocenters. The van der Waals surface area contributed by atoms with Crippen molar-refractivity contribution in [3.05, 3.63) is 58.7 Å². The minimum Gasteiger partial charge on any atom is -0.748 e. The molecule has 0 aromatic heterocycles. The summed E-state index contributed by atoms with van der Waals surface area (Å²) >= 11 is 0. The molecule has 0 aliphatic heterocycles. The fourth-order valence-corrected chi connectivity index (χ4v) is 3.78. The van der Waals surface area contributed by atoms with Crippen molar-refractivity contribution >= 4 is 32.9 Å². The largest absolute Gasteiger partial charge is 0.748 e. The van der Waals surface area contributed by atoms with Crippen LogP contribution in [0.15, 0.2) is 46.4 Å². The second-order valence-electron chi connectivity index (χ2n) is 7.46. The standard InChI is InChI=1S/C23H30N2O3S/c1-16-10-8-11-17(2)22(16)24-20(5)21(14-6-7-15-29(26,27)28)25-23-18(3)12-9-13-19(23)4/h8-13H,6-7,14-15H2,1-5H3,(H,26,27,28)/p-1. The minimum absolute atomic E-state index is 0.314. The zero-order chi connectivity index (χ0) is 21.6. The molecule has 0 saturated carbocycles. The topological polar surface area (TPSA) is 81.9 Å². The Labute approximate surface area is 174 Å². The SMILES string of the molecule is CC(=Nc1c(C)cccc1C)C(CCCCS(=O)(=O)[O-])=Nc1c(C)cccc1C. The van der Waals surface area contributed by atoms with E-state index in [2.05, 4.69) is 0 Å². The van der Waals surface area contributed by atoms with Crippen LogP contribution >= 0.6 is 0 Å². The van der Waals surface area contributed by atoms with E-state index in [-0.39, 0.29) is 5.75 Å². The van der Waals surface area contributed by atoms with Crippen LogP contribution in [-0.2, 0) is 10.1 Å². The predicted octanol–water partition coefficient (Wildman–Crippen LogP) is 5.50. The molecular weight excluding hydrogens is 384 g/mol.